The Hall–Kier alpha value is -0.750. The summed E-state index contributed by atoms with van der Waals surface area (Å²) in [4.78, 5) is 26.7. The Kier molecular flexibility index (Phi) is 8.39. The Balaban J connectivity index is 1.72. The van der Waals surface area contributed by atoms with E-state index >= 15 is 0 Å². The summed E-state index contributed by atoms with van der Waals surface area (Å²) in [6.45, 7) is 7.50. The lowest BCUT2D eigenvalue weighted by Gasteiger charge is -2.34. The lowest BCUT2D eigenvalue weighted by atomic mass is 9.97. The van der Waals surface area contributed by atoms with Crippen LogP contribution in [-0.4, -0.2) is 59.9 Å². The summed E-state index contributed by atoms with van der Waals surface area (Å²) in [5.74, 6) is 1.84. The summed E-state index contributed by atoms with van der Waals surface area (Å²) in [6.07, 6.45) is 6.51. The van der Waals surface area contributed by atoms with E-state index in [-0.39, 0.29) is 23.1 Å². The van der Waals surface area contributed by atoms with Crippen LogP contribution in [0.4, 0.5) is 0 Å². The molecule has 0 bridgehead atoms. The van der Waals surface area contributed by atoms with Crippen molar-refractivity contribution in [2.24, 2.45) is 5.92 Å². The second-order valence-electron chi connectivity index (χ2n) is 7.05. The van der Waals surface area contributed by atoms with Crippen molar-refractivity contribution in [3.8, 4) is 0 Å². The lowest BCUT2D eigenvalue weighted by Crippen LogP contribution is -2.48. The molecule has 0 aliphatic carbocycles. The van der Waals surface area contributed by atoms with Crippen LogP contribution in [0.3, 0.4) is 0 Å². The molecule has 2 N–H and O–H groups in total. The fourth-order valence-electron chi connectivity index (χ4n) is 3.44. The molecule has 2 amide bonds. The number of rotatable bonds is 8. The average molecular weight is 356 g/mol. The molecule has 3 atom stereocenters. The lowest BCUT2D eigenvalue weighted by molar-refractivity contribution is -0.132. The second-order valence-corrected chi connectivity index (χ2v) is 8.50. The molecule has 0 saturated carbocycles. The van der Waals surface area contributed by atoms with E-state index in [1.54, 1.807) is 11.8 Å². The molecule has 3 unspecified atom stereocenters. The van der Waals surface area contributed by atoms with Gasteiger partial charge in [-0.3, -0.25) is 9.59 Å². The number of likely N-dealkylation sites (tertiary alicyclic amines) is 1. The number of nitrogens with zero attached hydrogens (tertiary/aromatic N) is 1. The van der Waals surface area contributed by atoms with Crippen LogP contribution < -0.4 is 10.6 Å². The standard InChI is InChI=1S/C18H33N3O2S/c1-3-4-11-24-14(2)18(23)21-10-6-7-15(13-21)12-20-17(22)16-8-5-9-19-16/h14-16,19H,3-13H2,1-2H3,(H,20,22). The van der Waals surface area contributed by atoms with Crippen molar-refractivity contribution in [2.45, 2.75) is 63.7 Å². The number of carbonyl (C=O) groups is 2. The van der Waals surface area contributed by atoms with E-state index in [1.807, 2.05) is 11.8 Å². The zero-order valence-corrected chi connectivity index (χ0v) is 16.0. The van der Waals surface area contributed by atoms with Crippen LogP contribution in [0.15, 0.2) is 0 Å². The zero-order valence-electron chi connectivity index (χ0n) is 15.2. The van der Waals surface area contributed by atoms with Gasteiger partial charge in [-0.05, 0) is 57.2 Å². The van der Waals surface area contributed by atoms with Gasteiger partial charge in [-0.1, -0.05) is 13.3 Å². The predicted octanol–water partition coefficient (Wildman–Crippen LogP) is 2.01. The first-order valence-electron chi connectivity index (χ1n) is 9.53. The van der Waals surface area contributed by atoms with Crippen molar-refractivity contribution >= 4 is 23.6 Å². The largest absolute Gasteiger partial charge is 0.354 e. The molecule has 2 aliphatic rings. The van der Waals surface area contributed by atoms with E-state index in [1.165, 1.54) is 12.8 Å². The number of hydrogen-bond donors (Lipinski definition) is 2. The maximum absolute atomic E-state index is 12.6. The Morgan fingerprint density at radius 1 is 1.33 bits per heavy atom. The summed E-state index contributed by atoms with van der Waals surface area (Å²) >= 11 is 1.77. The van der Waals surface area contributed by atoms with Gasteiger partial charge in [0.2, 0.25) is 11.8 Å². The first kappa shape index (κ1) is 19.6. The van der Waals surface area contributed by atoms with Gasteiger partial charge >= 0.3 is 0 Å². The number of thioether (sulfide) groups is 1. The molecule has 2 heterocycles. The maximum atomic E-state index is 12.6. The minimum absolute atomic E-state index is 0.0127. The third kappa shape index (κ3) is 5.96. The Morgan fingerprint density at radius 3 is 2.88 bits per heavy atom. The number of hydrogen-bond acceptors (Lipinski definition) is 4. The molecular weight excluding hydrogens is 322 g/mol. The van der Waals surface area contributed by atoms with Gasteiger partial charge in [-0.15, -0.1) is 11.8 Å². The molecule has 0 radical (unpaired) electrons. The maximum Gasteiger partial charge on any atom is 0.237 e. The van der Waals surface area contributed by atoms with Gasteiger partial charge in [0.15, 0.2) is 0 Å². The number of piperidine rings is 1. The molecular formula is C18H33N3O2S. The Morgan fingerprint density at radius 2 is 2.17 bits per heavy atom. The van der Waals surface area contributed by atoms with Crippen molar-refractivity contribution < 1.29 is 9.59 Å². The van der Waals surface area contributed by atoms with E-state index in [0.29, 0.717) is 12.5 Å². The third-order valence-electron chi connectivity index (χ3n) is 4.99. The molecule has 0 aromatic rings. The van der Waals surface area contributed by atoms with Crippen molar-refractivity contribution in [2.75, 3.05) is 31.9 Å². The van der Waals surface area contributed by atoms with Crippen LogP contribution in [-0.2, 0) is 9.59 Å². The highest BCUT2D eigenvalue weighted by atomic mass is 32.2. The van der Waals surface area contributed by atoms with Crippen LogP contribution in [0.5, 0.6) is 0 Å². The minimum atomic E-state index is -0.0127. The zero-order chi connectivity index (χ0) is 17.4. The summed E-state index contributed by atoms with van der Waals surface area (Å²) in [5.41, 5.74) is 0. The predicted molar refractivity (Wildman–Crippen MR) is 100 cm³/mol. The van der Waals surface area contributed by atoms with Crippen molar-refractivity contribution in [3.63, 3.8) is 0 Å². The molecule has 2 aliphatic heterocycles. The summed E-state index contributed by atoms with van der Waals surface area (Å²) in [7, 11) is 0. The SMILES string of the molecule is CCCCSC(C)C(=O)N1CCCC(CNC(=O)C2CCCN2)C1. The van der Waals surface area contributed by atoms with Crippen molar-refractivity contribution in [3.05, 3.63) is 0 Å². The smallest absolute Gasteiger partial charge is 0.237 e. The fraction of sp³-hybridized carbons (Fsp3) is 0.889. The highest BCUT2D eigenvalue weighted by Gasteiger charge is 2.28. The first-order chi connectivity index (χ1) is 11.6. The van der Waals surface area contributed by atoms with Crippen LogP contribution in [0, 0.1) is 5.92 Å². The molecule has 5 nitrogen and oxygen atoms in total. The number of carbonyl (C=O) groups excluding carboxylic acids is 2. The normalized spacial score (nSPS) is 25.5. The molecule has 0 aromatic heterocycles. The van der Waals surface area contributed by atoms with Gasteiger partial charge in [0, 0.05) is 19.6 Å². The monoisotopic (exact) mass is 355 g/mol. The average Bonchev–Trinajstić information content (AvgIpc) is 3.14. The van der Waals surface area contributed by atoms with Crippen LogP contribution >= 0.6 is 11.8 Å². The van der Waals surface area contributed by atoms with E-state index in [9.17, 15) is 9.59 Å². The third-order valence-corrected chi connectivity index (χ3v) is 6.21. The van der Waals surface area contributed by atoms with E-state index in [0.717, 1.165) is 51.1 Å². The second kappa shape index (κ2) is 10.3. The molecule has 0 aromatic carbocycles. The Labute approximate surface area is 150 Å². The molecule has 2 saturated heterocycles. The van der Waals surface area contributed by atoms with Gasteiger partial charge in [0.25, 0.3) is 0 Å². The highest BCUT2D eigenvalue weighted by Crippen LogP contribution is 2.21. The number of amides is 2. The highest BCUT2D eigenvalue weighted by molar-refractivity contribution is 8.00. The van der Waals surface area contributed by atoms with Crippen molar-refractivity contribution in [1.82, 2.24) is 15.5 Å². The van der Waals surface area contributed by atoms with Crippen LogP contribution in [0.2, 0.25) is 0 Å². The summed E-state index contributed by atoms with van der Waals surface area (Å²) < 4.78 is 0. The minimum Gasteiger partial charge on any atom is -0.354 e. The van der Waals surface area contributed by atoms with Gasteiger partial charge in [0.05, 0.1) is 11.3 Å². The van der Waals surface area contributed by atoms with Gasteiger partial charge < -0.3 is 15.5 Å². The topological polar surface area (TPSA) is 61.4 Å². The van der Waals surface area contributed by atoms with Crippen molar-refractivity contribution in [1.29, 1.82) is 0 Å². The quantitative estimate of drug-likeness (QED) is 0.654. The molecule has 2 rings (SSSR count). The van der Waals surface area contributed by atoms with Gasteiger partial charge in [-0.2, -0.15) is 0 Å². The molecule has 24 heavy (non-hydrogen) atoms. The van der Waals surface area contributed by atoms with Crippen LogP contribution in [0.1, 0.15) is 52.4 Å². The fourth-order valence-corrected chi connectivity index (χ4v) is 4.54. The van der Waals surface area contributed by atoms with Gasteiger partial charge in [-0.25, -0.2) is 0 Å². The van der Waals surface area contributed by atoms with E-state index in [2.05, 4.69) is 17.6 Å². The summed E-state index contributed by atoms with van der Waals surface area (Å²) in [5, 5.41) is 6.36. The van der Waals surface area contributed by atoms with Crippen LogP contribution in [0.25, 0.3) is 0 Å². The Bertz CT molecular complexity index is 413. The van der Waals surface area contributed by atoms with E-state index in [4.69, 9.17) is 0 Å². The molecule has 0 spiro atoms. The van der Waals surface area contributed by atoms with E-state index < -0.39 is 0 Å². The molecule has 2 fully saturated rings. The molecule has 138 valence electrons. The summed E-state index contributed by atoms with van der Waals surface area (Å²) in [6, 6.07) is -0.0127. The van der Waals surface area contributed by atoms with Gasteiger partial charge in [0.1, 0.15) is 0 Å². The number of nitrogens with one attached hydrogen (secondary N) is 2. The number of unbranched alkanes of at least 4 members (excludes halogenated alkanes) is 1. The molecule has 6 heteroatoms. The first-order valence-corrected chi connectivity index (χ1v) is 10.6.